The van der Waals surface area contributed by atoms with Crippen molar-refractivity contribution in [3.05, 3.63) is 0 Å². The fourth-order valence-electron chi connectivity index (χ4n) is 2.44. The molecule has 114 valence electrons. The third-order valence-electron chi connectivity index (χ3n) is 3.59. The maximum absolute atomic E-state index is 11.8. The zero-order chi connectivity index (χ0) is 14.7. The van der Waals surface area contributed by atoms with E-state index >= 15 is 0 Å². The van der Waals surface area contributed by atoms with E-state index in [1.54, 1.807) is 0 Å². The molecule has 0 aliphatic rings. The van der Waals surface area contributed by atoms with Crippen molar-refractivity contribution in [1.29, 1.82) is 0 Å². The lowest BCUT2D eigenvalue weighted by molar-refractivity contribution is -0.148. The van der Waals surface area contributed by atoms with Crippen molar-refractivity contribution >= 4 is 5.97 Å². The Labute approximate surface area is 118 Å². The number of methoxy groups -OCH3 is 1. The zero-order valence-corrected chi connectivity index (χ0v) is 13.4. The molecule has 1 unspecified atom stereocenters. The third kappa shape index (κ3) is 6.92. The molecule has 0 aliphatic heterocycles. The average molecular weight is 272 g/mol. The number of hydrogen-bond donors (Lipinski definition) is 1. The summed E-state index contributed by atoms with van der Waals surface area (Å²) in [5.74, 6) is -0.157. The molecule has 0 saturated carbocycles. The van der Waals surface area contributed by atoms with Crippen molar-refractivity contribution in [3.8, 4) is 0 Å². The van der Waals surface area contributed by atoms with Gasteiger partial charge in [-0.15, -0.1) is 0 Å². The number of esters is 1. The number of rotatable bonds is 11. The van der Waals surface area contributed by atoms with Gasteiger partial charge in [0.1, 0.15) is 5.54 Å². The van der Waals surface area contributed by atoms with Crippen LogP contribution in [-0.4, -0.2) is 49.7 Å². The van der Waals surface area contributed by atoms with E-state index in [0.29, 0.717) is 0 Å². The van der Waals surface area contributed by atoms with E-state index < -0.39 is 5.54 Å². The Morgan fingerprint density at radius 2 is 1.89 bits per heavy atom. The van der Waals surface area contributed by atoms with Crippen LogP contribution in [0.2, 0.25) is 0 Å². The molecule has 0 aromatic rings. The topological polar surface area (TPSA) is 41.6 Å². The molecule has 0 fully saturated rings. The van der Waals surface area contributed by atoms with E-state index in [4.69, 9.17) is 4.74 Å². The highest BCUT2D eigenvalue weighted by Crippen LogP contribution is 2.16. The summed E-state index contributed by atoms with van der Waals surface area (Å²) < 4.78 is 4.89. The summed E-state index contributed by atoms with van der Waals surface area (Å²) in [7, 11) is 1.46. The van der Waals surface area contributed by atoms with Gasteiger partial charge in [0.15, 0.2) is 0 Å². The van der Waals surface area contributed by atoms with Gasteiger partial charge in [-0.1, -0.05) is 20.8 Å². The van der Waals surface area contributed by atoms with Crippen molar-refractivity contribution in [2.24, 2.45) is 0 Å². The molecule has 4 heteroatoms. The Bertz CT molecular complexity index is 246. The molecule has 0 spiro atoms. The van der Waals surface area contributed by atoms with Crippen LogP contribution in [0.4, 0.5) is 0 Å². The van der Waals surface area contributed by atoms with Gasteiger partial charge in [-0.05, 0) is 58.8 Å². The van der Waals surface area contributed by atoms with Gasteiger partial charge in [-0.3, -0.25) is 4.79 Å². The molecular weight excluding hydrogens is 240 g/mol. The molecule has 0 aromatic heterocycles. The minimum Gasteiger partial charge on any atom is -0.468 e. The van der Waals surface area contributed by atoms with Gasteiger partial charge in [0.25, 0.3) is 0 Å². The van der Waals surface area contributed by atoms with Gasteiger partial charge >= 0.3 is 5.97 Å². The SMILES string of the molecule is CCCN(CC)CCCCC(C)(NCC)C(=O)OC. The Morgan fingerprint density at radius 3 is 2.37 bits per heavy atom. The first-order valence-electron chi connectivity index (χ1n) is 7.59. The van der Waals surface area contributed by atoms with Gasteiger partial charge in [0, 0.05) is 0 Å². The monoisotopic (exact) mass is 272 g/mol. The molecule has 0 rings (SSSR count). The van der Waals surface area contributed by atoms with Crippen LogP contribution in [0.25, 0.3) is 0 Å². The number of nitrogens with zero attached hydrogens (tertiary/aromatic N) is 1. The lowest BCUT2D eigenvalue weighted by Gasteiger charge is -2.28. The Morgan fingerprint density at radius 1 is 1.21 bits per heavy atom. The first kappa shape index (κ1) is 18.4. The summed E-state index contributed by atoms with van der Waals surface area (Å²) >= 11 is 0. The van der Waals surface area contributed by atoms with Gasteiger partial charge in [0.05, 0.1) is 7.11 Å². The predicted molar refractivity (Wildman–Crippen MR) is 80.4 cm³/mol. The van der Waals surface area contributed by atoms with Crippen LogP contribution in [0.5, 0.6) is 0 Å². The second kappa shape index (κ2) is 10.2. The van der Waals surface area contributed by atoms with Crippen LogP contribution in [0.1, 0.15) is 53.4 Å². The summed E-state index contributed by atoms with van der Waals surface area (Å²) in [4.78, 5) is 14.3. The minimum atomic E-state index is -0.536. The summed E-state index contributed by atoms with van der Waals surface area (Å²) in [5, 5.41) is 3.25. The molecular formula is C15H32N2O2. The summed E-state index contributed by atoms with van der Waals surface area (Å²) in [6.45, 7) is 12.5. The van der Waals surface area contributed by atoms with Crippen molar-refractivity contribution in [2.75, 3.05) is 33.3 Å². The number of ether oxygens (including phenoxy) is 1. The summed E-state index contributed by atoms with van der Waals surface area (Å²) in [6.07, 6.45) is 4.20. The zero-order valence-electron chi connectivity index (χ0n) is 13.4. The highest BCUT2D eigenvalue weighted by molar-refractivity contribution is 5.80. The van der Waals surface area contributed by atoms with E-state index in [-0.39, 0.29) is 5.97 Å². The van der Waals surface area contributed by atoms with E-state index in [0.717, 1.165) is 45.4 Å². The molecule has 4 nitrogen and oxygen atoms in total. The molecule has 1 N–H and O–H groups in total. The highest BCUT2D eigenvalue weighted by Gasteiger charge is 2.32. The maximum atomic E-state index is 11.8. The number of hydrogen-bond acceptors (Lipinski definition) is 4. The van der Waals surface area contributed by atoms with Crippen LogP contribution < -0.4 is 5.32 Å². The van der Waals surface area contributed by atoms with E-state index in [2.05, 4.69) is 24.1 Å². The molecule has 0 amide bonds. The second-order valence-corrected chi connectivity index (χ2v) is 5.25. The van der Waals surface area contributed by atoms with Crippen LogP contribution in [0.3, 0.4) is 0 Å². The first-order valence-corrected chi connectivity index (χ1v) is 7.59. The minimum absolute atomic E-state index is 0.157. The molecule has 0 heterocycles. The van der Waals surface area contributed by atoms with Gasteiger partial charge in [-0.2, -0.15) is 0 Å². The summed E-state index contributed by atoms with van der Waals surface area (Å²) in [5.41, 5.74) is -0.536. The molecule has 0 aromatic carbocycles. The fourth-order valence-corrected chi connectivity index (χ4v) is 2.44. The van der Waals surface area contributed by atoms with Crippen LogP contribution in [0.15, 0.2) is 0 Å². The largest absolute Gasteiger partial charge is 0.468 e. The molecule has 0 radical (unpaired) electrons. The maximum Gasteiger partial charge on any atom is 0.325 e. The Hall–Kier alpha value is -0.610. The van der Waals surface area contributed by atoms with Crippen LogP contribution in [-0.2, 0) is 9.53 Å². The number of carbonyl (C=O) groups is 1. The van der Waals surface area contributed by atoms with Crippen LogP contribution >= 0.6 is 0 Å². The van der Waals surface area contributed by atoms with Crippen molar-refractivity contribution in [1.82, 2.24) is 10.2 Å². The first-order chi connectivity index (χ1) is 9.03. The molecule has 1 atom stereocenters. The van der Waals surface area contributed by atoms with E-state index in [1.165, 1.54) is 13.5 Å². The smallest absolute Gasteiger partial charge is 0.325 e. The quantitative estimate of drug-likeness (QED) is 0.463. The molecule has 0 saturated heterocycles. The second-order valence-electron chi connectivity index (χ2n) is 5.25. The van der Waals surface area contributed by atoms with E-state index in [1.807, 2.05) is 13.8 Å². The van der Waals surface area contributed by atoms with Gasteiger partial charge in [-0.25, -0.2) is 0 Å². The van der Waals surface area contributed by atoms with E-state index in [9.17, 15) is 4.79 Å². The lowest BCUT2D eigenvalue weighted by atomic mass is 9.94. The third-order valence-corrected chi connectivity index (χ3v) is 3.59. The van der Waals surface area contributed by atoms with Gasteiger partial charge < -0.3 is 15.0 Å². The van der Waals surface area contributed by atoms with Crippen molar-refractivity contribution in [2.45, 2.75) is 58.9 Å². The lowest BCUT2D eigenvalue weighted by Crippen LogP contribution is -2.50. The highest BCUT2D eigenvalue weighted by atomic mass is 16.5. The molecule has 0 bridgehead atoms. The normalized spacial score (nSPS) is 14.4. The van der Waals surface area contributed by atoms with Crippen molar-refractivity contribution < 1.29 is 9.53 Å². The van der Waals surface area contributed by atoms with Crippen molar-refractivity contribution in [3.63, 3.8) is 0 Å². The Balaban J connectivity index is 4.09. The average Bonchev–Trinajstić information content (AvgIpc) is 2.41. The fraction of sp³-hybridized carbons (Fsp3) is 0.933. The molecule has 0 aliphatic carbocycles. The van der Waals surface area contributed by atoms with Crippen LogP contribution in [0, 0.1) is 0 Å². The Kier molecular flexibility index (Phi) is 9.88. The number of nitrogens with one attached hydrogen (secondary N) is 1. The number of likely N-dealkylation sites (N-methyl/N-ethyl adjacent to an activating group) is 1. The number of carbonyl (C=O) groups excluding carboxylic acids is 1. The summed E-state index contributed by atoms with van der Waals surface area (Å²) in [6, 6.07) is 0. The standard InChI is InChI=1S/C15H32N2O2/c1-6-12-17(8-3)13-10-9-11-15(4,16-7-2)14(18)19-5/h16H,6-13H2,1-5H3. The predicted octanol–water partition coefficient (Wildman–Crippen LogP) is 2.43. The number of unbranched alkanes of at least 4 members (excludes halogenated alkanes) is 1. The molecule has 19 heavy (non-hydrogen) atoms. The van der Waals surface area contributed by atoms with Gasteiger partial charge in [0.2, 0.25) is 0 Å².